The quantitative estimate of drug-likeness (QED) is 0.855. The van der Waals surface area contributed by atoms with Crippen LogP contribution in [0.3, 0.4) is 0 Å². The van der Waals surface area contributed by atoms with Crippen molar-refractivity contribution >= 4 is 0 Å². The first-order chi connectivity index (χ1) is 8.46. The predicted octanol–water partition coefficient (Wildman–Crippen LogP) is 2.40. The molecule has 0 aromatic heterocycles. The molecule has 1 aromatic rings. The van der Waals surface area contributed by atoms with E-state index in [9.17, 15) is 13.2 Å². The summed E-state index contributed by atoms with van der Waals surface area (Å²) in [5.74, 6) is 0.413. The number of halogens is 3. The number of ether oxygens (including phenoxy) is 2. The number of methoxy groups -OCH3 is 1. The molecule has 0 saturated carbocycles. The molecule has 1 aromatic carbocycles. The third kappa shape index (κ3) is 4.83. The van der Waals surface area contributed by atoms with E-state index in [0.29, 0.717) is 12.2 Å². The van der Waals surface area contributed by atoms with Crippen molar-refractivity contribution in [3.63, 3.8) is 0 Å². The van der Waals surface area contributed by atoms with Gasteiger partial charge >= 0.3 is 6.18 Å². The van der Waals surface area contributed by atoms with Crippen molar-refractivity contribution in [1.82, 2.24) is 5.32 Å². The lowest BCUT2D eigenvalue weighted by Crippen LogP contribution is -2.19. The summed E-state index contributed by atoms with van der Waals surface area (Å²) in [6.07, 6.45) is -3.64. The van der Waals surface area contributed by atoms with Gasteiger partial charge in [0.05, 0.1) is 7.11 Å². The molecular formula is C12H16F3NO2. The van der Waals surface area contributed by atoms with Crippen molar-refractivity contribution in [1.29, 1.82) is 0 Å². The highest BCUT2D eigenvalue weighted by molar-refractivity contribution is 5.43. The normalized spacial score (nSPS) is 11.4. The molecule has 0 bridgehead atoms. The van der Waals surface area contributed by atoms with Gasteiger partial charge in [0, 0.05) is 0 Å². The molecule has 0 fully saturated rings. The Morgan fingerprint density at radius 1 is 1.22 bits per heavy atom. The SMILES string of the molecule is CNCCc1ccc(OC)c(OCC(F)(F)F)c1. The van der Waals surface area contributed by atoms with Gasteiger partial charge in [0.15, 0.2) is 18.1 Å². The standard InChI is InChI=1S/C12H16F3NO2/c1-16-6-5-9-3-4-10(17-2)11(7-9)18-8-12(13,14)15/h3-4,7,16H,5-6,8H2,1-2H3. The molecule has 1 rings (SSSR count). The van der Waals surface area contributed by atoms with E-state index in [1.54, 1.807) is 18.2 Å². The maximum absolute atomic E-state index is 12.1. The fraction of sp³-hybridized carbons (Fsp3) is 0.500. The second-order valence-corrected chi connectivity index (χ2v) is 3.74. The van der Waals surface area contributed by atoms with Crippen LogP contribution in [0.1, 0.15) is 5.56 Å². The molecule has 0 radical (unpaired) electrons. The third-order valence-corrected chi connectivity index (χ3v) is 2.28. The van der Waals surface area contributed by atoms with Crippen molar-refractivity contribution in [2.75, 3.05) is 27.3 Å². The Labute approximate surface area is 104 Å². The number of nitrogens with one attached hydrogen (secondary N) is 1. The van der Waals surface area contributed by atoms with Gasteiger partial charge in [-0.15, -0.1) is 0 Å². The molecule has 0 aliphatic rings. The molecule has 102 valence electrons. The van der Waals surface area contributed by atoms with Crippen LogP contribution < -0.4 is 14.8 Å². The Morgan fingerprint density at radius 3 is 2.50 bits per heavy atom. The summed E-state index contributed by atoms with van der Waals surface area (Å²) in [6.45, 7) is -0.579. The van der Waals surface area contributed by atoms with Gasteiger partial charge in [0.1, 0.15) is 0 Å². The lowest BCUT2D eigenvalue weighted by Gasteiger charge is -2.13. The first-order valence-electron chi connectivity index (χ1n) is 5.47. The number of benzene rings is 1. The Balaban J connectivity index is 2.78. The Hall–Kier alpha value is -1.43. The zero-order valence-electron chi connectivity index (χ0n) is 10.3. The molecule has 0 atom stereocenters. The van der Waals surface area contributed by atoms with Crippen molar-refractivity contribution in [2.24, 2.45) is 0 Å². The van der Waals surface area contributed by atoms with Crippen molar-refractivity contribution < 1.29 is 22.6 Å². The molecule has 0 heterocycles. The van der Waals surface area contributed by atoms with Crippen LogP contribution in [0, 0.1) is 0 Å². The minimum atomic E-state index is -4.36. The van der Waals surface area contributed by atoms with E-state index in [1.807, 2.05) is 7.05 Å². The molecule has 1 N–H and O–H groups in total. The van der Waals surface area contributed by atoms with Gasteiger partial charge in [-0.25, -0.2) is 0 Å². The van der Waals surface area contributed by atoms with Crippen LogP contribution in [0.2, 0.25) is 0 Å². The minimum absolute atomic E-state index is 0.114. The summed E-state index contributed by atoms with van der Waals surface area (Å²) < 4.78 is 46.0. The molecule has 0 saturated heterocycles. The molecule has 0 unspecified atom stereocenters. The van der Waals surface area contributed by atoms with Crippen molar-refractivity contribution in [3.8, 4) is 11.5 Å². The first-order valence-corrected chi connectivity index (χ1v) is 5.47. The van der Waals surface area contributed by atoms with E-state index in [1.165, 1.54) is 7.11 Å². The van der Waals surface area contributed by atoms with Crippen molar-refractivity contribution in [2.45, 2.75) is 12.6 Å². The maximum Gasteiger partial charge on any atom is 0.422 e. The highest BCUT2D eigenvalue weighted by atomic mass is 19.4. The summed E-state index contributed by atoms with van der Waals surface area (Å²) in [4.78, 5) is 0. The van der Waals surface area contributed by atoms with E-state index in [2.05, 4.69) is 5.32 Å². The molecular weight excluding hydrogens is 247 g/mol. The largest absolute Gasteiger partial charge is 0.493 e. The van der Waals surface area contributed by atoms with Crippen LogP contribution in [0.4, 0.5) is 13.2 Å². The smallest absolute Gasteiger partial charge is 0.422 e. The zero-order chi connectivity index (χ0) is 13.6. The zero-order valence-corrected chi connectivity index (χ0v) is 10.3. The number of alkyl halides is 3. The van der Waals surface area contributed by atoms with Gasteiger partial charge in [-0.05, 0) is 37.7 Å². The van der Waals surface area contributed by atoms with E-state index >= 15 is 0 Å². The third-order valence-electron chi connectivity index (χ3n) is 2.28. The van der Waals surface area contributed by atoms with Crippen LogP contribution in [0.5, 0.6) is 11.5 Å². The monoisotopic (exact) mass is 263 g/mol. The van der Waals surface area contributed by atoms with Crippen LogP contribution >= 0.6 is 0 Å². The first kappa shape index (κ1) is 14.6. The molecule has 6 heteroatoms. The van der Waals surface area contributed by atoms with Gasteiger partial charge in [0.2, 0.25) is 0 Å². The lowest BCUT2D eigenvalue weighted by molar-refractivity contribution is -0.153. The molecule has 0 spiro atoms. The number of rotatable bonds is 6. The number of hydrogen-bond acceptors (Lipinski definition) is 3. The molecule has 0 amide bonds. The van der Waals surface area contributed by atoms with Crippen LogP contribution in [-0.4, -0.2) is 33.5 Å². The molecule has 18 heavy (non-hydrogen) atoms. The average molecular weight is 263 g/mol. The highest BCUT2D eigenvalue weighted by Crippen LogP contribution is 2.29. The van der Waals surface area contributed by atoms with Crippen LogP contribution in [-0.2, 0) is 6.42 Å². The number of likely N-dealkylation sites (N-methyl/N-ethyl adjacent to an activating group) is 1. The number of hydrogen-bond donors (Lipinski definition) is 1. The summed E-state index contributed by atoms with van der Waals surface area (Å²) in [7, 11) is 3.20. The fourth-order valence-electron chi connectivity index (χ4n) is 1.42. The average Bonchev–Trinajstić information content (AvgIpc) is 2.33. The second kappa shape index (κ2) is 6.49. The van der Waals surface area contributed by atoms with E-state index in [4.69, 9.17) is 9.47 Å². The molecule has 0 aliphatic carbocycles. The van der Waals surface area contributed by atoms with Gasteiger partial charge in [-0.3, -0.25) is 0 Å². The van der Waals surface area contributed by atoms with Crippen molar-refractivity contribution in [3.05, 3.63) is 23.8 Å². The topological polar surface area (TPSA) is 30.5 Å². The molecule has 0 aliphatic heterocycles. The summed E-state index contributed by atoms with van der Waals surface area (Å²) >= 11 is 0. The Bertz CT molecular complexity index is 380. The van der Waals surface area contributed by atoms with Gasteiger partial charge < -0.3 is 14.8 Å². The Morgan fingerprint density at radius 2 is 1.94 bits per heavy atom. The van der Waals surface area contributed by atoms with Gasteiger partial charge in [0.25, 0.3) is 0 Å². The van der Waals surface area contributed by atoms with Crippen LogP contribution in [0.25, 0.3) is 0 Å². The van der Waals surface area contributed by atoms with E-state index in [-0.39, 0.29) is 5.75 Å². The Kier molecular flexibility index (Phi) is 5.27. The van der Waals surface area contributed by atoms with Crippen LogP contribution in [0.15, 0.2) is 18.2 Å². The summed E-state index contributed by atoms with van der Waals surface area (Å²) in [5.41, 5.74) is 0.891. The van der Waals surface area contributed by atoms with E-state index in [0.717, 1.165) is 12.1 Å². The minimum Gasteiger partial charge on any atom is -0.493 e. The van der Waals surface area contributed by atoms with Gasteiger partial charge in [-0.1, -0.05) is 6.07 Å². The maximum atomic E-state index is 12.1. The summed E-state index contributed by atoms with van der Waals surface area (Å²) in [6, 6.07) is 4.98. The predicted molar refractivity (Wildman–Crippen MR) is 62.2 cm³/mol. The lowest BCUT2D eigenvalue weighted by atomic mass is 10.1. The van der Waals surface area contributed by atoms with E-state index < -0.39 is 12.8 Å². The molecule has 3 nitrogen and oxygen atoms in total. The highest BCUT2D eigenvalue weighted by Gasteiger charge is 2.29. The summed E-state index contributed by atoms with van der Waals surface area (Å²) in [5, 5.41) is 2.97. The fourth-order valence-corrected chi connectivity index (χ4v) is 1.42. The van der Waals surface area contributed by atoms with Gasteiger partial charge in [-0.2, -0.15) is 13.2 Å². The second-order valence-electron chi connectivity index (χ2n) is 3.74.